The van der Waals surface area contributed by atoms with Crippen LogP contribution in [0.2, 0.25) is 0 Å². The maximum absolute atomic E-state index is 5.66. The minimum atomic E-state index is 0.464. The first kappa shape index (κ1) is 11.6. The van der Waals surface area contributed by atoms with Gasteiger partial charge in [-0.1, -0.05) is 30.0 Å². The Hall–Kier alpha value is -1.49. The number of fused-ring (bicyclic) bond motifs is 1. The zero-order valence-corrected chi connectivity index (χ0v) is 11.2. The van der Waals surface area contributed by atoms with E-state index in [2.05, 4.69) is 28.4 Å². The molecule has 0 saturated heterocycles. The van der Waals surface area contributed by atoms with E-state index < -0.39 is 0 Å². The molecule has 0 atom stereocenters. The molecule has 2 aromatic rings. The second-order valence-electron chi connectivity index (χ2n) is 4.65. The van der Waals surface area contributed by atoms with Crippen molar-refractivity contribution in [3.8, 4) is 0 Å². The van der Waals surface area contributed by atoms with Crippen molar-refractivity contribution in [1.82, 2.24) is 14.8 Å². The molecule has 5 heteroatoms. The summed E-state index contributed by atoms with van der Waals surface area (Å²) in [5.41, 5.74) is 10.0. The number of thioether (sulfide) groups is 1. The Labute approximate surface area is 111 Å². The number of rotatable bonds is 3. The van der Waals surface area contributed by atoms with Gasteiger partial charge in [0, 0.05) is 12.8 Å². The predicted octanol–water partition coefficient (Wildman–Crippen LogP) is 2.18. The van der Waals surface area contributed by atoms with Crippen LogP contribution in [0.25, 0.3) is 0 Å². The third-order valence-corrected chi connectivity index (χ3v) is 4.49. The number of hydrogen-bond donors (Lipinski definition) is 1. The van der Waals surface area contributed by atoms with E-state index in [9.17, 15) is 0 Å². The van der Waals surface area contributed by atoms with Crippen molar-refractivity contribution >= 4 is 17.7 Å². The summed E-state index contributed by atoms with van der Waals surface area (Å²) in [4.78, 5) is 0. The maximum Gasteiger partial charge on any atom is 0.222 e. The highest BCUT2D eigenvalue weighted by Crippen LogP contribution is 2.26. The number of nitrogens with two attached hydrogens (primary N) is 1. The molecule has 0 aliphatic heterocycles. The molecule has 1 aromatic carbocycles. The van der Waals surface area contributed by atoms with Crippen LogP contribution in [-0.2, 0) is 25.6 Å². The fraction of sp³-hybridized carbons (Fsp3) is 0.385. The van der Waals surface area contributed by atoms with Crippen LogP contribution < -0.4 is 5.73 Å². The molecule has 1 aliphatic carbocycles. The molecule has 1 aromatic heterocycles. The first-order valence-electron chi connectivity index (χ1n) is 6.12. The Bertz CT molecular complexity index is 576. The normalized spacial score (nSPS) is 13.8. The number of nitrogen functional groups attached to an aromatic ring is 1. The average molecular weight is 260 g/mol. The third kappa shape index (κ3) is 2.10. The van der Waals surface area contributed by atoms with Gasteiger partial charge in [-0.15, -0.1) is 10.2 Å². The van der Waals surface area contributed by atoms with E-state index in [1.807, 2.05) is 11.6 Å². The molecular weight excluding hydrogens is 244 g/mol. The summed E-state index contributed by atoms with van der Waals surface area (Å²) in [7, 11) is 1.89. The van der Waals surface area contributed by atoms with Crippen molar-refractivity contribution in [3.05, 3.63) is 34.9 Å². The van der Waals surface area contributed by atoms with Crippen molar-refractivity contribution in [2.45, 2.75) is 30.2 Å². The molecule has 0 spiro atoms. The Balaban J connectivity index is 1.72. The summed E-state index contributed by atoms with van der Waals surface area (Å²) in [6.45, 7) is 0. The smallest absolute Gasteiger partial charge is 0.222 e. The van der Waals surface area contributed by atoms with Crippen molar-refractivity contribution in [2.75, 3.05) is 5.73 Å². The number of anilines is 1. The van der Waals surface area contributed by atoms with Gasteiger partial charge in [-0.2, -0.15) is 0 Å². The first-order chi connectivity index (χ1) is 8.74. The Kier molecular flexibility index (Phi) is 2.99. The van der Waals surface area contributed by atoms with E-state index in [-0.39, 0.29) is 0 Å². The van der Waals surface area contributed by atoms with Crippen LogP contribution in [0, 0.1) is 0 Å². The van der Waals surface area contributed by atoms with Crippen LogP contribution in [0.4, 0.5) is 5.95 Å². The van der Waals surface area contributed by atoms with Gasteiger partial charge in [-0.3, -0.25) is 4.57 Å². The van der Waals surface area contributed by atoms with Crippen molar-refractivity contribution in [2.24, 2.45) is 7.05 Å². The summed E-state index contributed by atoms with van der Waals surface area (Å²) in [5, 5.41) is 8.78. The van der Waals surface area contributed by atoms with Crippen molar-refractivity contribution < 1.29 is 0 Å². The van der Waals surface area contributed by atoms with Crippen LogP contribution in [0.15, 0.2) is 23.4 Å². The van der Waals surface area contributed by atoms with Crippen LogP contribution in [-0.4, -0.2) is 14.8 Å². The van der Waals surface area contributed by atoms with Gasteiger partial charge in [-0.25, -0.2) is 0 Å². The second kappa shape index (κ2) is 4.65. The zero-order valence-electron chi connectivity index (χ0n) is 10.4. The highest BCUT2D eigenvalue weighted by Gasteiger charge is 2.11. The molecule has 0 bridgehead atoms. The fourth-order valence-corrected chi connectivity index (χ4v) is 3.18. The van der Waals surface area contributed by atoms with Gasteiger partial charge < -0.3 is 5.73 Å². The van der Waals surface area contributed by atoms with Gasteiger partial charge in [0.05, 0.1) is 0 Å². The van der Waals surface area contributed by atoms with Gasteiger partial charge in [0.2, 0.25) is 5.95 Å². The molecule has 0 saturated carbocycles. The maximum atomic E-state index is 5.66. The molecular formula is C13H16N4S. The summed E-state index contributed by atoms with van der Waals surface area (Å²) >= 11 is 1.68. The third-order valence-electron chi connectivity index (χ3n) is 3.40. The van der Waals surface area contributed by atoms with Gasteiger partial charge in [0.15, 0.2) is 5.16 Å². The molecule has 4 nitrogen and oxygen atoms in total. The lowest BCUT2D eigenvalue weighted by atomic mass is 10.1. The molecule has 0 radical (unpaired) electrons. The Morgan fingerprint density at radius 3 is 2.89 bits per heavy atom. The van der Waals surface area contributed by atoms with Crippen LogP contribution in [0.3, 0.4) is 0 Å². The van der Waals surface area contributed by atoms with E-state index in [4.69, 9.17) is 5.73 Å². The number of benzene rings is 1. The summed E-state index contributed by atoms with van der Waals surface area (Å²) in [6, 6.07) is 6.81. The number of hydrogen-bond acceptors (Lipinski definition) is 4. The van der Waals surface area contributed by atoms with E-state index in [1.165, 1.54) is 36.0 Å². The lowest BCUT2D eigenvalue weighted by Gasteiger charge is -2.04. The molecule has 0 amide bonds. The summed E-state index contributed by atoms with van der Waals surface area (Å²) in [5.74, 6) is 1.38. The number of aryl methyl sites for hydroxylation is 2. The lowest BCUT2D eigenvalue weighted by molar-refractivity contribution is 0.796. The molecule has 0 fully saturated rings. The topological polar surface area (TPSA) is 56.7 Å². The van der Waals surface area contributed by atoms with Crippen LogP contribution >= 0.6 is 11.8 Å². The lowest BCUT2D eigenvalue weighted by Crippen LogP contribution is -1.98. The largest absolute Gasteiger partial charge is 0.368 e. The highest BCUT2D eigenvalue weighted by atomic mass is 32.2. The van der Waals surface area contributed by atoms with Gasteiger partial charge in [-0.05, 0) is 36.0 Å². The predicted molar refractivity (Wildman–Crippen MR) is 73.4 cm³/mol. The van der Waals surface area contributed by atoms with Gasteiger partial charge in [0.25, 0.3) is 0 Å². The minimum Gasteiger partial charge on any atom is -0.368 e. The van der Waals surface area contributed by atoms with E-state index in [0.29, 0.717) is 5.95 Å². The SMILES string of the molecule is Cn1c(N)nnc1SCc1ccc2c(c1)CCC2. The quantitative estimate of drug-likeness (QED) is 0.859. The average Bonchev–Trinajstić information content (AvgIpc) is 2.96. The van der Waals surface area contributed by atoms with Gasteiger partial charge in [0.1, 0.15) is 0 Å². The first-order valence-corrected chi connectivity index (χ1v) is 7.11. The Morgan fingerprint density at radius 1 is 1.28 bits per heavy atom. The summed E-state index contributed by atoms with van der Waals surface area (Å²) < 4.78 is 1.82. The van der Waals surface area contributed by atoms with E-state index in [0.717, 1.165) is 10.9 Å². The van der Waals surface area contributed by atoms with Crippen molar-refractivity contribution in [1.29, 1.82) is 0 Å². The molecule has 1 heterocycles. The van der Waals surface area contributed by atoms with E-state index in [1.54, 1.807) is 11.8 Å². The molecule has 3 rings (SSSR count). The zero-order chi connectivity index (χ0) is 12.5. The van der Waals surface area contributed by atoms with Crippen LogP contribution in [0.1, 0.15) is 23.1 Å². The number of nitrogens with zero attached hydrogens (tertiary/aromatic N) is 3. The minimum absolute atomic E-state index is 0.464. The molecule has 1 aliphatic rings. The van der Waals surface area contributed by atoms with Crippen LogP contribution in [0.5, 0.6) is 0 Å². The van der Waals surface area contributed by atoms with E-state index >= 15 is 0 Å². The molecule has 0 unspecified atom stereocenters. The fourth-order valence-electron chi connectivity index (χ4n) is 2.31. The standard InChI is InChI=1S/C13H16N4S/c1-17-12(14)15-16-13(17)18-8-9-5-6-10-3-2-4-11(10)7-9/h5-7H,2-4,8H2,1H3,(H2,14,15). The highest BCUT2D eigenvalue weighted by molar-refractivity contribution is 7.98. The molecule has 2 N–H and O–H groups in total. The van der Waals surface area contributed by atoms with Gasteiger partial charge >= 0.3 is 0 Å². The van der Waals surface area contributed by atoms with Crippen molar-refractivity contribution in [3.63, 3.8) is 0 Å². The summed E-state index contributed by atoms with van der Waals surface area (Å²) in [6.07, 6.45) is 3.76. The Morgan fingerprint density at radius 2 is 2.11 bits per heavy atom. The molecule has 18 heavy (non-hydrogen) atoms. The molecule has 94 valence electrons. The number of aromatic nitrogens is 3. The monoisotopic (exact) mass is 260 g/mol. The second-order valence-corrected chi connectivity index (χ2v) is 5.59.